The molecule has 1 aromatic carbocycles. The maximum atomic E-state index is 5.71. The summed E-state index contributed by atoms with van der Waals surface area (Å²) < 4.78 is 5.71. The van der Waals surface area contributed by atoms with E-state index in [1.807, 2.05) is 36.5 Å². The molecule has 0 N–H and O–H groups in total. The Labute approximate surface area is 146 Å². The molecule has 0 bridgehead atoms. The van der Waals surface area contributed by atoms with Crippen LogP contribution in [0.3, 0.4) is 0 Å². The van der Waals surface area contributed by atoms with Crippen LogP contribution in [0.2, 0.25) is 0 Å². The van der Waals surface area contributed by atoms with Gasteiger partial charge in [-0.3, -0.25) is 0 Å². The van der Waals surface area contributed by atoms with E-state index < -0.39 is 0 Å². The van der Waals surface area contributed by atoms with Gasteiger partial charge in [0.15, 0.2) is 0 Å². The number of nitrogens with zero attached hydrogens (tertiary/aromatic N) is 1. The van der Waals surface area contributed by atoms with Crippen molar-refractivity contribution in [2.45, 2.75) is 52.4 Å². The second kappa shape index (κ2) is 10.5. The molecule has 0 radical (unpaired) electrons. The summed E-state index contributed by atoms with van der Waals surface area (Å²) in [5.41, 5.74) is 3.08. The molecule has 2 rings (SSSR count). The van der Waals surface area contributed by atoms with Crippen LogP contribution in [-0.2, 0) is 6.42 Å². The first-order valence-electron chi connectivity index (χ1n) is 9.01. The fraction of sp³-hybridized carbons (Fsp3) is 0.409. The highest BCUT2D eigenvalue weighted by atomic mass is 16.5. The summed E-state index contributed by atoms with van der Waals surface area (Å²) in [6.07, 6.45) is 8.99. The van der Waals surface area contributed by atoms with E-state index in [1.54, 1.807) is 0 Å². The molecule has 1 aromatic heterocycles. The zero-order chi connectivity index (χ0) is 17.0. The van der Waals surface area contributed by atoms with E-state index in [4.69, 9.17) is 4.74 Å². The lowest BCUT2D eigenvalue weighted by molar-refractivity contribution is 0.306. The molecule has 0 aliphatic heterocycles. The Morgan fingerprint density at radius 2 is 1.67 bits per heavy atom. The number of hydrogen-bond acceptors (Lipinski definition) is 2. The second-order valence-corrected chi connectivity index (χ2v) is 5.99. The van der Waals surface area contributed by atoms with E-state index in [0.29, 0.717) is 0 Å². The second-order valence-electron chi connectivity index (χ2n) is 5.99. The van der Waals surface area contributed by atoms with Gasteiger partial charge in [-0.25, -0.2) is 4.98 Å². The number of aryl methyl sites for hydroxylation is 1. The number of unbranched alkanes of at least 4 members (excludes halogenated alkanes) is 3. The Balaban J connectivity index is 1.88. The molecule has 24 heavy (non-hydrogen) atoms. The van der Waals surface area contributed by atoms with Gasteiger partial charge in [0.1, 0.15) is 11.4 Å². The number of benzene rings is 1. The van der Waals surface area contributed by atoms with Gasteiger partial charge in [0.05, 0.1) is 6.61 Å². The van der Waals surface area contributed by atoms with Crippen molar-refractivity contribution < 1.29 is 4.74 Å². The SMILES string of the molecule is CCCCCOc1ccc(C#Cc2ccc(CCCC)cn2)cc1. The van der Waals surface area contributed by atoms with E-state index >= 15 is 0 Å². The first-order chi connectivity index (χ1) is 11.8. The van der Waals surface area contributed by atoms with Gasteiger partial charge in [-0.05, 0) is 61.1 Å². The summed E-state index contributed by atoms with van der Waals surface area (Å²) in [6.45, 7) is 5.18. The Morgan fingerprint density at radius 1 is 0.875 bits per heavy atom. The van der Waals surface area contributed by atoms with Crippen LogP contribution < -0.4 is 4.74 Å². The summed E-state index contributed by atoms with van der Waals surface area (Å²) in [6, 6.07) is 12.1. The van der Waals surface area contributed by atoms with Crippen LogP contribution in [0.15, 0.2) is 42.6 Å². The standard InChI is InChI=1S/C22H27NO/c1-3-5-7-17-24-22-15-11-19(12-16-22)9-13-21-14-10-20(18-23-21)8-6-4-2/h10-12,14-16,18H,3-8,17H2,1-2H3. The predicted molar refractivity (Wildman–Crippen MR) is 100 cm³/mol. The highest BCUT2D eigenvalue weighted by molar-refractivity contribution is 5.42. The molecule has 0 atom stereocenters. The quantitative estimate of drug-likeness (QED) is 0.480. The fourth-order valence-electron chi connectivity index (χ4n) is 2.34. The van der Waals surface area contributed by atoms with Gasteiger partial charge in [0, 0.05) is 11.8 Å². The van der Waals surface area contributed by atoms with Gasteiger partial charge in [0.25, 0.3) is 0 Å². The summed E-state index contributed by atoms with van der Waals surface area (Å²) in [7, 11) is 0. The van der Waals surface area contributed by atoms with Gasteiger partial charge >= 0.3 is 0 Å². The lowest BCUT2D eigenvalue weighted by atomic mass is 10.1. The van der Waals surface area contributed by atoms with Gasteiger partial charge in [0.2, 0.25) is 0 Å². The molecule has 0 aliphatic carbocycles. The van der Waals surface area contributed by atoms with Gasteiger partial charge < -0.3 is 4.74 Å². The molecule has 126 valence electrons. The normalized spacial score (nSPS) is 10.1. The highest BCUT2D eigenvalue weighted by Gasteiger charge is 1.95. The largest absolute Gasteiger partial charge is 0.494 e. The average Bonchev–Trinajstić information content (AvgIpc) is 2.64. The van der Waals surface area contributed by atoms with Crippen LogP contribution in [-0.4, -0.2) is 11.6 Å². The third-order valence-electron chi connectivity index (χ3n) is 3.85. The van der Waals surface area contributed by atoms with E-state index in [9.17, 15) is 0 Å². The molecule has 2 nitrogen and oxygen atoms in total. The number of pyridine rings is 1. The van der Waals surface area contributed by atoms with E-state index in [2.05, 4.69) is 36.7 Å². The number of aromatic nitrogens is 1. The summed E-state index contributed by atoms with van der Waals surface area (Å²) in [5, 5.41) is 0. The molecule has 0 amide bonds. The van der Waals surface area contributed by atoms with Crippen LogP contribution >= 0.6 is 0 Å². The molecule has 0 unspecified atom stereocenters. The van der Waals surface area contributed by atoms with E-state index in [1.165, 1.54) is 31.2 Å². The molecule has 0 saturated carbocycles. The first-order valence-corrected chi connectivity index (χ1v) is 9.01. The number of hydrogen-bond donors (Lipinski definition) is 0. The Kier molecular flexibility index (Phi) is 7.90. The Morgan fingerprint density at radius 3 is 2.33 bits per heavy atom. The van der Waals surface area contributed by atoms with Crippen molar-refractivity contribution in [3.8, 4) is 17.6 Å². The van der Waals surface area contributed by atoms with Crippen molar-refractivity contribution in [1.82, 2.24) is 4.98 Å². The molecule has 2 aromatic rings. The topological polar surface area (TPSA) is 22.1 Å². The molecule has 0 spiro atoms. The van der Waals surface area contributed by atoms with Crippen LogP contribution in [0.25, 0.3) is 0 Å². The number of ether oxygens (including phenoxy) is 1. The van der Waals surface area contributed by atoms with E-state index in [0.717, 1.165) is 36.5 Å². The first kappa shape index (κ1) is 18.1. The summed E-state index contributed by atoms with van der Waals surface area (Å²) in [4.78, 5) is 4.42. The highest BCUT2D eigenvalue weighted by Crippen LogP contribution is 2.12. The third kappa shape index (κ3) is 6.46. The monoisotopic (exact) mass is 321 g/mol. The minimum absolute atomic E-state index is 0.785. The maximum absolute atomic E-state index is 5.71. The lowest BCUT2D eigenvalue weighted by Gasteiger charge is -2.05. The van der Waals surface area contributed by atoms with Crippen LogP contribution in [0, 0.1) is 11.8 Å². The molecule has 0 fully saturated rings. The Hall–Kier alpha value is -2.27. The predicted octanol–water partition coefficient (Wildman–Crippen LogP) is 5.39. The van der Waals surface area contributed by atoms with Crippen molar-refractivity contribution >= 4 is 0 Å². The smallest absolute Gasteiger partial charge is 0.119 e. The molecule has 0 aliphatic rings. The van der Waals surface area contributed by atoms with Crippen molar-refractivity contribution in [3.05, 3.63) is 59.4 Å². The zero-order valence-electron chi connectivity index (χ0n) is 14.8. The van der Waals surface area contributed by atoms with Crippen molar-refractivity contribution in [2.75, 3.05) is 6.61 Å². The molecule has 0 saturated heterocycles. The molecular weight excluding hydrogens is 294 g/mol. The van der Waals surface area contributed by atoms with Crippen LogP contribution in [0.4, 0.5) is 0 Å². The summed E-state index contributed by atoms with van der Waals surface area (Å²) in [5.74, 6) is 7.19. The van der Waals surface area contributed by atoms with Crippen LogP contribution in [0.1, 0.15) is 62.8 Å². The van der Waals surface area contributed by atoms with Crippen molar-refractivity contribution in [3.63, 3.8) is 0 Å². The van der Waals surface area contributed by atoms with Crippen molar-refractivity contribution in [2.24, 2.45) is 0 Å². The van der Waals surface area contributed by atoms with Crippen LogP contribution in [0.5, 0.6) is 5.75 Å². The fourth-order valence-corrected chi connectivity index (χ4v) is 2.34. The zero-order valence-corrected chi connectivity index (χ0v) is 14.8. The molecule has 1 heterocycles. The minimum Gasteiger partial charge on any atom is -0.494 e. The lowest BCUT2D eigenvalue weighted by Crippen LogP contribution is -1.96. The van der Waals surface area contributed by atoms with Crippen molar-refractivity contribution in [1.29, 1.82) is 0 Å². The summed E-state index contributed by atoms with van der Waals surface area (Å²) >= 11 is 0. The average molecular weight is 321 g/mol. The Bertz CT molecular complexity index is 647. The molecule has 2 heteroatoms. The van der Waals surface area contributed by atoms with Gasteiger partial charge in [-0.15, -0.1) is 0 Å². The molecular formula is C22H27NO. The van der Waals surface area contributed by atoms with E-state index in [-0.39, 0.29) is 0 Å². The minimum atomic E-state index is 0.785. The maximum Gasteiger partial charge on any atom is 0.119 e. The van der Waals surface area contributed by atoms with Gasteiger partial charge in [-0.2, -0.15) is 0 Å². The third-order valence-corrected chi connectivity index (χ3v) is 3.85. The number of rotatable bonds is 8. The van der Waals surface area contributed by atoms with Gasteiger partial charge in [-0.1, -0.05) is 45.1 Å².